The van der Waals surface area contributed by atoms with Gasteiger partial charge in [-0.15, -0.1) is 11.3 Å². The third-order valence-corrected chi connectivity index (χ3v) is 3.10. The van der Waals surface area contributed by atoms with Crippen molar-refractivity contribution in [2.75, 3.05) is 5.32 Å². The van der Waals surface area contributed by atoms with Crippen LogP contribution in [0.25, 0.3) is 0 Å². The molecule has 1 amide bonds. The molecule has 0 aromatic carbocycles. The monoisotopic (exact) mass is 223 g/mol. The summed E-state index contributed by atoms with van der Waals surface area (Å²) in [5.74, 6) is -0.260. The number of rotatable bonds is 3. The number of hydrogen-bond donors (Lipinski definition) is 2. The molecule has 0 saturated carbocycles. The molecule has 15 heavy (non-hydrogen) atoms. The molecule has 0 radical (unpaired) electrons. The number of anilines is 1. The zero-order valence-corrected chi connectivity index (χ0v) is 9.52. The maximum absolute atomic E-state index is 11.7. The molecule has 0 aliphatic heterocycles. The van der Waals surface area contributed by atoms with Crippen LogP contribution in [0.3, 0.4) is 0 Å². The normalized spacial score (nSPS) is 14.0. The van der Waals surface area contributed by atoms with Crippen LogP contribution in [0.4, 0.5) is 5.00 Å². The average molecular weight is 223 g/mol. The SMILES string of the molecule is CCC(C)(N)C(=O)Nc1sccc1C#N. The lowest BCUT2D eigenvalue weighted by molar-refractivity contribution is -0.120. The molecule has 0 bridgehead atoms. The summed E-state index contributed by atoms with van der Waals surface area (Å²) in [6, 6.07) is 3.67. The van der Waals surface area contributed by atoms with Gasteiger partial charge in [-0.05, 0) is 24.8 Å². The number of nitrogens with one attached hydrogen (secondary N) is 1. The van der Waals surface area contributed by atoms with E-state index in [0.29, 0.717) is 17.0 Å². The van der Waals surface area contributed by atoms with Gasteiger partial charge < -0.3 is 11.1 Å². The van der Waals surface area contributed by atoms with Gasteiger partial charge in [-0.3, -0.25) is 4.79 Å². The fourth-order valence-electron chi connectivity index (χ4n) is 0.901. The number of hydrogen-bond acceptors (Lipinski definition) is 4. The maximum Gasteiger partial charge on any atom is 0.244 e. The lowest BCUT2D eigenvalue weighted by Gasteiger charge is -2.20. The van der Waals surface area contributed by atoms with E-state index in [1.165, 1.54) is 11.3 Å². The zero-order chi connectivity index (χ0) is 11.5. The number of carbonyl (C=O) groups excluding carboxylic acids is 1. The molecule has 0 spiro atoms. The second-order valence-electron chi connectivity index (χ2n) is 3.50. The number of nitriles is 1. The first-order valence-corrected chi connectivity index (χ1v) is 5.47. The molecule has 1 atom stereocenters. The Morgan fingerprint density at radius 2 is 2.47 bits per heavy atom. The molecule has 0 saturated heterocycles. The summed E-state index contributed by atoms with van der Waals surface area (Å²) in [6.45, 7) is 3.52. The van der Waals surface area contributed by atoms with Gasteiger partial charge in [0.2, 0.25) is 5.91 Å². The van der Waals surface area contributed by atoms with E-state index in [9.17, 15) is 4.79 Å². The van der Waals surface area contributed by atoms with E-state index < -0.39 is 5.54 Å². The van der Waals surface area contributed by atoms with E-state index in [4.69, 9.17) is 11.0 Å². The Kier molecular flexibility index (Phi) is 3.45. The van der Waals surface area contributed by atoms with Crippen molar-refractivity contribution in [3.8, 4) is 6.07 Å². The first kappa shape index (κ1) is 11.7. The van der Waals surface area contributed by atoms with Crippen LogP contribution in [0.15, 0.2) is 11.4 Å². The molecular formula is C10H13N3OS. The van der Waals surface area contributed by atoms with Crippen LogP contribution >= 0.6 is 11.3 Å². The highest BCUT2D eigenvalue weighted by Gasteiger charge is 2.26. The minimum absolute atomic E-state index is 0.260. The Bertz CT molecular complexity index is 403. The van der Waals surface area contributed by atoms with E-state index in [1.807, 2.05) is 13.0 Å². The summed E-state index contributed by atoms with van der Waals surface area (Å²) in [4.78, 5) is 11.7. The molecule has 1 aromatic heterocycles. The molecule has 1 aromatic rings. The summed E-state index contributed by atoms with van der Waals surface area (Å²) in [7, 11) is 0. The predicted octanol–water partition coefficient (Wildman–Crippen LogP) is 1.69. The molecule has 0 fully saturated rings. The molecule has 3 N–H and O–H groups in total. The van der Waals surface area contributed by atoms with Crippen LogP contribution in [-0.4, -0.2) is 11.4 Å². The van der Waals surface area contributed by atoms with Gasteiger partial charge in [0.15, 0.2) is 0 Å². The Balaban J connectivity index is 2.80. The largest absolute Gasteiger partial charge is 0.318 e. The molecule has 1 unspecified atom stereocenters. The van der Waals surface area contributed by atoms with Crippen LogP contribution < -0.4 is 11.1 Å². The van der Waals surface area contributed by atoms with Crippen LogP contribution in [0.1, 0.15) is 25.8 Å². The van der Waals surface area contributed by atoms with Crippen molar-refractivity contribution >= 4 is 22.2 Å². The molecule has 80 valence electrons. The lowest BCUT2D eigenvalue weighted by Crippen LogP contribution is -2.47. The second kappa shape index (κ2) is 4.43. The smallest absolute Gasteiger partial charge is 0.244 e. The van der Waals surface area contributed by atoms with Gasteiger partial charge in [0.1, 0.15) is 11.1 Å². The van der Waals surface area contributed by atoms with Crippen molar-refractivity contribution in [2.24, 2.45) is 5.73 Å². The van der Waals surface area contributed by atoms with E-state index in [2.05, 4.69) is 5.32 Å². The van der Waals surface area contributed by atoms with Crippen molar-refractivity contribution in [3.05, 3.63) is 17.0 Å². The van der Waals surface area contributed by atoms with Crippen LogP contribution in [0, 0.1) is 11.3 Å². The topological polar surface area (TPSA) is 78.9 Å². The van der Waals surface area contributed by atoms with Crippen molar-refractivity contribution in [2.45, 2.75) is 25.8 Å². The minimum atomic E-state index is -0.892. The van der Waals surface area contributed by atoms with Crippen LogP contribution in [0.5, 0.6) is 0 Å². The third-order valence-electron chi connectivity index (χ3n) is 2.27. The highest BCUT2D eigenvalue weighted by molar-refractivity contribution is 7.14. The van der Waals surface area contributed by atoms with E-state index in [-0.39, 0.29) is 5.91 Å². The van der Waals surface area contributed by atoms with Crippen molar-refractivity contribution in [3.63, 3.8) is 0 Å². The summed E-state index contributed by atoms with van der Waals surface area (Å²) >= 11 is 1.32. The highest BCUT2D eigenvalue weighted by Crippen LogP contribution is 2.23. The van der Waals surface area contributed by atoms with Crippen LogP contribution in [-0.2, 0) is 4.79 Å². The second-order valence-corrected chi connectivity index (χ2v) is 4.42. The highest BCUT2D eigenvalue weighted by atomic mass is 32.1. The number of amides is 1. The summed E-state index contributed by atoms with van der Waals surface area (Å²) in [5.41, 5.74) is 5.36. The predicted molar refractivity (Wildman–Crippen MR) is 60.5 cm³/mol. The van der Waals surface area contributed by atoms with Gasteiger partial charge in [-0.1, -0.05) is 6.92 Å². The molecule has 1 rings (SSSR count). The maximum atomic E-state index is 11.7. The fraction of sp³-hybridized carbons (Fsp3) is 0.400. The molecule has 5 heteroatoms. The number of thiophene rings is 1. The summed E-state index contributed by atoms with van der Waals surface area (Å²) in [5, 5.41) is 13.7. The average Bonchev–Trinajstić information content (AvgIpc) is 2.65. The molecule has 1 heterocycles. The van der Waals surface area contributed by atoms with E-state index in [1.54, 1.807) is 18.4 Å². The number of nitrogens with zero attached hydrogens (tertiary/aromatic N) is 1. The Morgan fingerprint density at radius 3 is 3.00 bits per heavy atom. The number of nitrogens with two attached hydrogens (primary N) is 1. The van der Waals surface area contributed by atoms with Gasteiger partial charge in [0.05, 0.1) is 11.1 Å². The van der Waals surface area contributed by atoms with Crippen LogP contribution in [0.2, 0.25) is 0 Å². The summed E-state index contributed by atoms with van der Waals surface area (Å²) in [6.07, 6.45) is 0.548. The van der Waals surface area contributed by atoms with Crippen molar-refractivity contribution < 1.29 is 4.79 Å². The molecule has 0 aliphatic rings. The van der Waals surface area contributed by atoms with Gasteiger partial charge in [0.25, 0.3) is 0 Å². The Labute approximate surface area is 92.7 Å². The van der Waals surface area contributed by atoms with Crippen molar-refractivity contribution in [1.29, 1.82) is 5.26 Å². The first-order chi connectivity index (χ1) is 7.01. The standard InChI is InChI=1S/C10H13N3OS/c1-3-10(2,12)9(14)13-8-7(6-11)4-5-15-8/h4-5H,3,12H2,1-2H3,(H,13,14). The lowest BCUT2D eigenvalue weighted by atomic mass is 10.00. The molecule has 0 aliphatic carbocycles. The van der Waals surface area contributed by atoms with Gasteiger partial charge in [-0.25, -0.2) is 0 Å². The van der Waals surface area contributed by atoms with E-state index in [0.717, 1.165) is 0 Å². The summed E-state index contributed by atoms with van der Waals surface area (Å²) < 4.78 is 0. The number of carbonyl (C=O) groups is 1. The molecular weight excluding hydrogens is 210 g/mol. The van der Waals surface area contributed by atoms with E-state index >= 15 is 0 Å². The molecule has 4 nitrogen and oxygen atoms in total. The fourth-order valence-corrected chi connectivity index (χ4v) is 1.63. The Morgan fingerprint density at radius 1 is 1.80 bits per heavy atom. The first-order valence-electron chi connectivity index (χ1n) is 4.59. The van der Waals surface area contributed by atoms with Gasteiger partial charge in [-0.2, -0.15) is 5.26 Å². The quantitative estimate of drug-likeness (QED) is 0.818. The minimum Gasteiger partial charge on any atom is -0.318 e. The Hall–Kier alpha value is -1.38. The van der Waals surface area contributed by atoms with Crippen molar-refractivity contribution in [1.82, 2.24) is 0 Å². The zero-order valence-electron chi connectivity index (χ0n) is 8.70. The van der Waals surface area contributed by atoms with Gasteiger partial charge in [0, 0.05) is 0 Å². The van der Waals surface area contributed by atoms with Gasteiger partial charge >= 0.3 is 0 Å². The third kappa shape index (κ3) is 2.55.